The Bertz CT molecular complexity index is 1330. The van der Waals surface area contributed by atoms with Gasteiger partial charge in [0.25, 0.3) is 5.56 Å². The van der Waals surface area contributed by atoms with E-state index in [0.29, 0.717) is 5.65 Å². The van der Waals surface area contributed by atoms with E-state index in [4.69, 9.17) is 5.10 Å². The Balaban J connectivity index is 1.86. The summed E-state index contributed by atoms with van der Waals surface area (Å²) < 4.78 is 3.28. The van der Waals surface area contributed by atoms with E-state index >= 15 is 0 Å². The van der Waals surface area contributed by atoms with Crippen LogP contribution in [0, 0.1) is 27.7 Å². The highest BCUT2D eigenvalue weighted by Crippen LogP contribution is 2.26. The molecule has 0 bridgehead atoms. The molecular formula is C25H26N4O2. The van der Waals surface area contributed by atoms with Crippen LogP contribution >= 0.6 is 0 Å². The first-order valence-corrected chi connectivity index (χ1v) is 10.3. The molecule has 2 heterocycles. The number of rotatable bonds is 4. The van der Waals surface area contributed by atoms with Gasteiger partial charge in [0.1, 0.15) is 11.7 Å². The first-order valence-electron chi connectivity index (χ1n) is 10.3. The lowest BCUT2D eigenvalue weighted by Crippen LogP contribution is -2.32. The number of aromatic nitrogens is 3. The molecule has 1 unspecified atom stereocenters. The van der Waals surface area contributed by atoms with Gasteiger partial charge in [-0.15, -0.1) is 0 Å². The smallest absolute Gasteiger partial charge is 0.253 e. The highest BCUT2D eigenvalue weighted by Gasteiger charge is 2.24. The maximum atomic E-state index is 13.2. The first kappa shape index (κ1) is 20.6. The van der Waals surface area contributed by atoms with Crippen LogP contribution in [0.25, 0.3) is 16.7 Å². The number of hydrogen-bond donors (Lipinski definition) is 1. The number of carbonyl (C=O) groups is 1. The van der Waals surface area contributed by atoms with Crippen LogP contribution in [-0.4, -0.2) is 20.3 Å². The molecule has 6 heteroatoms. The molecule has 31 heavy (non-hydrogen) atoms. The van der Waals surface area contributed by atoms with Crippen molar-refractivity contribution in [1.82, 2.24) is 14.3 Å². The van der Waals surface area contributed by atoms with Crippen molar-refractivity contribution in [3.8, 4) is 5.69 Å². The van der Waals surface area contributed by atoms with E-state index in [1.54, 1.807) is 17.7 Å². The molecule has 0 radical (unpaired) electrons. The molecule has 6 nitrogen and oxygen atoms in total. The van der Waals surface area contributed by atoms with Crippen LogP contribution in [0.1, 0.15) is 35.3 Å². The van der Waals surface area contributed by atoms with Crippen molar-refractivity contribution in [2.24, 2.45) is 0 Å². The van der Waals surface area contributed by atoms with E-state index in [1.807, 2.05) is 76.2 Å². The highest BCUT2D eigenvalue weighted by molar-refractivity contribution is 5.95. The lowest BCUT2D eigenvalue weighted by molar-refractivity contribution is -0.118. The van der Waals surface area contributed by atoms with Gasteiger partial charge in [-0.25, -0.2) is 4.68 Å². The molecule has 0 aliphatic carbocycles. The van der Waals surface area contributed by atoms with Crippen molar-refractivity contribution in [3.05, 3.63) is 87.3 Å². The summed E-state index contributed by atoms with van der Waals surface area (Å²) in [7, 11) is 0. The highest BCUT2D eigenvalue weighted by atomic mass is 16.2. The van der Waals surface area contributed by atoms with Crippen LogP contribution in [0.5, 0.6) is 0 Å². The van der Waals surface area contributed by atoms with Crippen molar-refractivity contribution < 1.29 is 4.79 Å². The molecule has 2 aromatic heterocycles. The monoisotopic (exact) mass is 414 g/mol. The van der Waals surface area contributed by atoms with E-state index in [9.17, 15) is 9.59 Å². The molecule has 1 atom stereocenters. The third-order valence-corrected chi connectivity index (χ3v) is 5.49. The summed E-state index contributed by atoms with van der Waals surface area (Å²) in [5, 5.41) is 8.55. The normalized spacial score (nSPS) is 12.2. The third-order valence-electron chi connectivity index (χ3n) is 5.49. The van der Waals surface area contributed by atoms with Gasteiger partial charge in [0, 0.05) is 17.1 Å². The maximum absolute atomic E-state index is 13.2. The number of nitrogens with one attached hydrogen (secondary N) is 1. The van der Waals surface area contributed by atoms with Gasteiger partial charge in [-0.05, 0) is 75.6 Å². The van der Waals surface area contributed by atoms with Gasteiger partial charge >= 0.3 is 0 Å². The number of pyridine rings is 1. The number of benzene rings is 2. The zero-order chi connectivity index (χ0) is 22.3. The Hall–Kier alpha value is -3.67. The minimum absolute atomic E-state index is 0.231. The molecule has 0 aliphatic heterocycles. The number of fused-ring (bicyclic) bond motifs is 1. The zero-order valence-corrected chi connectivity index (χ0v) is 18.4. The van der Waals surface area contributed by atoms with Gasteiger partial charge in [-0.2, -0.15) is 5.10 Å². The minimum Gasteiger partial charge on any atom is -0.324 e. The van der Waals surface area contributed by atoms with Crippen LogP contribution < -0.4 is 10.9 Å². The van der Waals surface area contributed by atoms with Crippen LogP contribution in [0.15, 0.2) is 59.4 Å². The van der Waals surface area contributed by atoms with E-state index in [-0.39, 0.29) is 11.5 Å². The second-order valence-electron chi connectivity index (χ2n) is 8.11. The van der Waals surface area contributed by atoms with Crippen molar-refractivity contribution in [1.29, 1.82) is 0 Å². The molecule has 0 aliphatic rings. The van der Waals surface area contributed by atoms with Crippen molar-refractivity contribution in [2.75, 3.05) is 5.32 Å². The van der Waals surface area contributed by atoms with Gasteiger partial charge in [0.15, 0.2) is 0 Å². The van der Waals surface area contributed by atoms with Gasteiger partial charge in [0.2, 0.25) is 5.91 Å². The molecule has 0 saturated heterocycles. The van der Waals surface area contributed by atoms with E-state index in [1.165, 1.54) is 4.57 Å². The summed E-state index contributed by atoms with van der Waals surface area (Å²) in [6.07, 6.45) is 0. The molecule has 0 saturated carbocycles. The van der Waals surface area contributed by atoms with Gasteiger partial charge in [-0.1, -0.05) is 24.3 Å². The van der Waals surface area contributed by atoms with Gasteiger partial charge in [-0.3, -0.25) is 14.2 Å². The number of amides is 1. The fourth-order valence-corrected chi connectivity index (χ4v) is 4.16. The molecule has 158 valence electrons. The number of hydrogen-bond acceptors (Lipinski definition) is 3. The molecule has 1 amide bonds. The second-order valence-corrected chi connectivity index (χ2v) is 8.11. The predicted molar refractivity (Wildman–Crippen MR) is 124 cm³/mol. The second kappa shape index (κ2) is 7.87. The fraction of sp³-hybridized carbons (Fsp3) is 0.240. The van der Waals surface area contributed by atoms with Crippen LogP contribution in [0.3, 0.4) is 0 Å². The molecule has 1 N–H and O–H groups in total. The third kappa shape index (κ3) is 3.77. The molecule has 0 spiro atoms. The fourth-order valence-electron chi connectivity index (χ4n) is 4.16. The average molecular weight is 415 g/mol. The van der Waals surface area contributed by atoms with E-state index in [2.05, 4.69) is 5.32 Å². The first-order chi connectivity index (χ1) is 14.8. The standard InChI is InChI=1S/C25H26N4O2/c1-15-11-16(2)13-20(12-15)26-24(31)19(5)28-22(30)14-17(3)23-18(4)27-29(25(23)28)21-9-7-6-8-10-21/h6-14,19H,1-5H3,(H,26,31). The van der Waals surface area contributed by atoms with Crippen molar-refractivity contribution in [2.45, 2.75) is 40.7 Å². The molecule has 2 aromatic carbocycles. The topological polar surface area (TPSA) is 68.9 Å². The zero-order valence-electron chi connectivity index (χ0n) is 18.4. The molecular weight excluding hydrogens is 388 g/mol. The lowest BCUT2D eigenvalue weighted by Gasteiger charge is -2.19. The number of para-hydroxylation sites is 1. The Morgan fingerprint density at radius 2 is 1.61 bits per heavy atom. The summed E-state index contributed by atoms with van der Waals surface area (Å²) in [6, 6.07) is 16.4. The number of anilines is 1. The summed E-state index contributed by atoms with van der Waals surface area (Å²) in [5.41, 5.74) is 5.73. The molecule has 4 rings (SSSR count). The summed E-state index contributed by atoms with van der Waals surface area (Å²) in [6.45, 7) is 9.54. The Labute approximate surface area is 181 Å². The lowest BCUT2D eigenvalue weighted by atomic mass is 10.1. The van der Waals surface area contributed by atoms with Crippen molar-refractivity contribution in [3.63, 3.8) is 0 Å². The largest absolute Gasteiger partial charge is 0.324 e. The van der Waals surface area contributed by atoms with E-state index < -0.39 is 6.04 Å². The Kier molecular flexibility index (Phi) is 5.23. The molecule has 4 aromatic rings. The molecule has 0 fully saturated rings. The summed E-state index contributed by atoms with van der Waals surface area (Å²) in [4.78, 5) is 26.3. The predicted octanol–water partition coefficient (Wildman–Crippen LogP) is 4.62. The average Bonchev–Trinajstić information content (AvgIpc) is 3.05. The van der Waals surface area contributed by atoms with Gasteiger partial charge in [0.05, 0.1) is 11.4 Å². The summed E-state index contributed by atoms with van der Waals surface area (Å²) >= 11 is 0. The van der Waals surface area contributed by atoms with Crippen molar-refractivity contribution >= 4 is 22.6 Å². The van der Waals surface area contributed by atoms with E-state index in [0.717, 1.165) is 39.1 Å². The number of nitrogens with zero attached hydrogens (tertiary/aromatic N) is 3. The number of aryl methyl sites for hydroxylation is 4. The maximum Gasteiger partial charge on any atom is 0.253 e. The Morgan fingerprint density at radius 3 is 2.26 bits per heavy atom. The Morgan fingerprint density at radius 1 is 0.968 bits per heavy atom. The SMILES string of the molecule is Cc1cc(C)cc(NC(=O)C(C)n2c(=O)cc(C)c3c(C)nn(-c4ccccc4)c32)c1. The quantitative estimate of drug-likeness (QED) is 0.530. The van der Waals surface area contributed by atoms with Crippen LogP contribution in [0.2, 0.25) is 0 Å². The summed E-state index contributed by atoms with van der Waals surface area (Å²) in [5.74, 6) is -0.254. The van der Waals surface area contributed by atoms with Crippen LogP contribution in [-0.2, 0) is 4.79 Å². The number of carbonyl (C=O) groups excluding carboxylic acids is 1. The van der Waals surface area contributed by atoms with Crippen LogP contribution in [0.4, 0.5) is 5.69 Å². The van der Waals surface area contributed by atoms with Gasteiger partial charge < -0.3 is 5.32 Å². The minimum atomic E-state index is -0.727.